The van der Waals surface area contributed by atoms with Crippen LogP contribution in [0.4, 0.5) is 4.79 Å². The topological polar surface area (TPSA) is 38.3 Å². The fourth-order valence-electron chi connectivity index (χ4n) is 1.77. The second-order valence-corrected chi connectivity index (χ2v) is 4.45. The van der Waals surface area contributed by atoms with Crippen LogP contribution in [0.2, 0.25) is 0 Å². The molecular formula is C10H13NO2S. The van der Waals surface area contributed by atoms with Gasteiger partial charge in [-0.2, -0.15) is 0 Å². The summed E-state index contributed by atoms with van der Waals surface area (Å²) in [6.45, 7) is 0. The van der Waals surface area contributed by atoms with Crippen LogP contribution in [0.15, 0.2) is 11.4 Å². The third-order valence-corrected chi connectivity index (χ3v) is 3.52. The van der Waals surface area contributed by atoms with Crippen LogP contribution < -0.4 is 5.32 Å². The zero-order valence-corrected chi connectivity index (χ0v) is 8.89. The highest BCUT2D eigenvalue weighted by molar-refractivity contribution is 7.10. The fraction of sp³-hybridized carbons (Fsp3) is 0.500. The summed E-state index contributed by atoms with van der Waals surface area (Å²) in [5, 5.41) is 4.96. The van der Waals surface area contributed by atoms with Crippen molar-refractivity contribution in [2.75, 3.05) is 7.11 Å². The minimum absolute atomic E-state index is 0.244. The van der Waals surface area contributed by atoms with Crippen molar-refractivity contribution in [1.82, 2.24) is 5.32 Å². The molecule has 0 bridgehead atoms. The summed E-state index contributed by atoms with van der Waals surface area (Å²) in [6.07, 6.45) is 2.70. The van der Waals surface area contributed by atoms with E-state index >= 15 is 0 Å². The van der Waals surface area contributed by atoms with E-state index in [9.17, 15) is 4.79 Å². The molecule has 0 aliphatic heterocycles. The van der Waals surface area contributed by atoms with E-state index in [4.69, 9.17) is 0 Å². The molecule has 1 aliphatic rings. The lowest BCUT2D eigenvalue weighted by Crippen LogP contribution is -2.38. The zero-order valence-electron chi connectivity index (χ0n) is 8.08. The highest BCUT2D eigenvalue weighted by Crippen LogP contribution is 2.26. The molecule has 3 nitrogen and oxygen atoms in total. The molecule has 1 aliphatic carbocycles. The van der Waals surface area contributed by atoms with Crippen molar-refractivity contribution in [3.05, 3.63) is 21.9 Å². The number of methoxy groups -OCH3 is 1. The minimum Gasteiger partial charge on any atom is -0.453 e. The van der Waals surface area contributed by atoms with Crippen LogP contribution in [0.3, 0.4) is 0 Å². The van der Waals surface area contributed by atoms with Gasteiger partial charge in [0.1, 0.15) is 0 Å². The Morgan fingerprint density at radius 2 is 2.57 bits per heavy atom. The van der Waals surface area contributed by atoms with Gasteiger partial charge in [0.2, 0.25) is 0 Å². The molecule has 1 N–H and O–H groups in total. The first kappa shape index (κ1) is 9.52. The first-order chi connectivity index (χ1) is 6.79. The van der Waals surface area contributed by atoms with Gasteiger partial charge < -0.3 is 10.1 Å². The second kappa shape index (κ2) is 4.00. The number of rotatable bonds is 1. The zero-order chi connectivity index (χ0) is 9.97. The van der Waals surface area contributed by atoms with Gasteiger partial charge in [-0.15, -0.1) is 11.3 Å². The number of alkyl carbamates (subject to hydrolysis) is 1. The molecule has 1 heterocycles. The average molecular weight is 211 g/mol. The van der Waals surface area contributed by atoms with Crippen molar-refractivity contribution < 1.29 is 9.53 Å². The molecular weight excluding hydrogens is 198 g/mol. The summed E-state index contributed by atoms with van der Waals surface area (Å²) < 4.78 is 4.58. The number of amides is 1. The van der Waals surface area contributed by atoms with Crippen LogP contribution in [0, 0.1) is 0 Å². The maximum absolute atomic E-state index is 11.0. The number of carbonyl (C=O) groups is 1. The van der Waals surface area contributed by atoms with Gasteiger partial charge in [-0.25, -0.2) is 4.79 Å². The number of carbonyl (C=O) groups excluding carboxylic acids is 1. The Hall–Kier alpha value is -1.03. The van der Waals surface area contributed by atoms with Crippen LogP contribution in [0.5, 0.6) is 0 Å². The van der Waals surface area contributed by atoms with Crippen LogP contribution in [0.1, 0.15) is 16.9 Å². The Morgan fingerprint density at radius 3 is 3.36 bits per heavy atom. The maximum Gasteiger partial charge on any atom is 0.407 e. The number of fused-ring (bicyclic) bond motifs is 1. The predicted octanol–water partition coefficient (Wildman–Crippen LogP) is 1.96. The number of hydrogen-bond acceptors (Lipinski definition) is 3. The Kier molecular flexibility index (Phi) is 2.72. The van der Waals surface area contributed by atoms with Crippen molar-refractivity contribution in [1.29, 1.82) is 0 Å². The highest BCUT2D eigenvalue weighted by atomic mass is 32.1. The van der Waals surface area contributed by atoms with Crippen molar-refractivity contribution in [3.63, 3.8) is 0 Å². The van der Waals surface area contributed by atoms with E-state index < -0.39 is 0 Å². The van der Waals surface area contributed by atoms with Gasteiger partial charge in [0.25, 0.3) is 0 Å². The summed E-state index contributed by atoms with van der Waals surface area (Å²) in [4.78, 5) is 12.4. The van der Waals surface area contributed by atoms with Crippen molar-refractivity contribution >= 4 is 17.4 Å². The SMILES string of the molecule is COC(=O)NC1CCc2ccsc2C1. The van der Waals surface area contributed by atoms with Crippen LogP contribution in [0.25, 0.3) is 0 Å². The second-order valence-electron chi connectivity index (χ2n) is 3.44. The molecule has 1 aromatic rings. The van der Waals surface area contributed by atoms with Crippen LogP contribution in [-0.2, 0) is 17.6 Å². The van der Waals surface area contributed by atoms with Gasteiger partial charge in [0.05, 0.1) is 7.11 Å². The van der Waals surface area contributed by atoms with E-state index in [1.54, 1.807) is 11.3 Å². The molecule has 4 heteroatoms. The van der Waals surface area contributed by atoms with Crippen LogP contribution in [-0.4, -0.2) is 19.2 Å². The van der Waals surface area contributed by atoms with E-state index in [-0.39, 0.29) is 12.1 Å². The minimum atomic E-state index is -0.324. The van der Waals surface area contributed by atoms with Gasteiger partial charge in [-0.1, -0.05) is 0 Å². The average Bonchev–Trinajstić information content (AvgIpc) is 2.64. The maximum atomic E-state index is 11.0. The Bertz CT molecular complexity index is 335. The molecule has 76 valence electrons. The quantitative estimate of drug-likeness (QED) is 0.771. The first-order valence-electron chi connectivity index (χ1n) is 4.69. The third-order valence-electron chi connectivity index (χ3n) is 2.54. The number of thiophene rings is 1. The third kappa shape index (κ3) is 1.90. The van der Waals surface area contributed by atoms with E-state index in [0.717, 1.165) is 19.3 Å². The molecule has 1 amide bonds. The smallest absolute Gasteiger partial charge is 0.407 e. The Labute approximate surface area is 87.1 Å². The van der Waals surface area contributed by atoms with E-state index in [1.807, 2.05) is 0 Å². The molecule has 1 aromatic heterocycles. The number of aryl methyl sites for hydroxylation is 1. The summed E-state index contributed by atoms with van der Waals surface area (Å²) in [6, 6.07) is 2.42. The molecule has 1 atom stereocenters. The number of hydrogen-bond donors (Lipinski definition) is 1. The van der Waals surface area contributed by atoms with Gasteiger partial charge in [-0.05, 0) is 29.9 Å². The largest absolute Gasteiger partial charge is 0.453 e. The van der Waals surface area contributed by atoms with E-state index in [2.05, 4.69) is 21.5 Å². The Morgan fingerprint density at radius 1 is 1.71 bits per heavy atom. The van der Waals surface area contributed by atoms with Gasteiger partial charge in [0, 0.05) is 17.3 Å². The fourth-order valence-corrected chi connectivity index (χ4v) is 2.79. The monoisotopic (exact) mass is 211 g/mol. The standard InChI is InChI=1S/C10H13NO2S/c1-13-10(12)11-8-3-2-7-4-5-14-9(7)6-8/h4-5,8H,2-3,6H2,1H3,(H,11,12). The van der Waals surface area contributed by atoms with E-state index in [0.29, 0.717) is 0 Å². The first-order valence-corrected chi connectivity index (χ1v) is 5.57. The summed E-state index contributed by atoms with van der Waals surface area (Å²) in [5.74, 6) is 0. The summed E-state index contributed by atoms with van der Waals surface area (Å²) in [5.41, 5.74) is 1.44. The molecule has 0 radical (unpaired) electrons. The van der Waals surface area contributed by atoms with Crippen LogP contribution >= 0.6 is 11.3 Å². The molecule has 0 fully saturated rings. The van der Waals surface area contributed by atoms with Gasteiger partial charge >= 0.3 is 6.09 Å². The lowest BCUT2D eigenvalue weighted by molar-refractivity contribution is 0.165. The molecule has 1 unspecified atom stereocenters. The number of nitrogens with one attached hydrogen (secondary N) is 1. The molecule has 0 spiro atoms. The molecule has 0 saturated carbocycles. The predicted molar refractivity (Wildman–Crippen MR) is 55.7 cm³/mol. The van der Waals surface area contributed by atoms with Crippen molar-refractivity contribution in [2.24, 2.45) is 0 Å². The Balaban J connectivity index is 1.97. The van der Waals surface area contributed by atoms with Crippen molar-refractivity contribution in [2.45, 2.75) is 25.3 Å². The van der Waals surface area contributed by atoms with Gasteiger partial charge in [0.15, 0.2) is 0 Å². The molecule has 0 aromatic carbocycles. The molecule has 0 saturated heterocycles. The normalized spacial score (nSPS) is 19.9. The summed E-state index contributed by atoms with van der Waals surface area (Å²) in [7, 11) is 1.40. The number of ether oxygens (including phenoxy) is 1. The summed E-state index contributed by atoms with van der Waals surface area (Å²) >= 11 is 1.77. The lowest BCUT2D eigenvalue weighted by Gasteiger charge is -2.22. The highest BCUT2D eigenvalue weighted by Gasteiger charge is 2.20. The van der Waals surface area contributed by atoms with Gasteiger partial charge in [-0.3, -0.25) is 0 Å². The lowest BCUT2D eigenvalue weighted by atomic mass is 9.95. The molecule has 2 rings (SSSR count). The molecule has 14 heavy (non-hydrogen) atoms. The van der Waals surface area contributed by atoms with Crippen molar-refractivity contribution in [3.8, 4) is 0 Å². The van der Waals surface area contributed by atoms with E-state index in [1.165, 1.54) is 17.6 Å².